The second-order valence-corrected chi connectivity index (χ2v) is 4.35. The molecule has 0 radical (unpaired) electrons. The lowest BCUT2D eigenvalue weighted by Crippen LogP contribution is -2.04. The van der Waals surface area contributed by atoms with Crippen LogP contribution in [0.5, 0.6) is 5.75 Å². The molecule has 2 aromatic rings. The van der Waals surface area contributed by atoms with Gasteiger partial charge in [0.15, 0.2) is 0 Å². The van der Waals surface area contributed by atoms with Gasteiger partial charge in [0, 0.05) is 5.02 Å². The van der Waals surface area contributed by atoms with E-state index in [-0.39, 0.29) is 0 Å². The van der Waals surface area contributed by atoms with E-state index in [0.29, 0.717) is 16.3 Å². The van der Waals surface area contributed by atoms with E-state index < -0.39 is 5.97 Å². The summed E-state index contributed by atoms with van der Waals surface area (Å²) < 4.78 is 9.93. The SMILES string of the molecule is COC(=O)c1ccc(-c2cccc(Cl)c2)cc1OC. The van der Waals surface area contributed by atoms with Crippen LogP contribution in [0.2, 0.25) is 5.02 Å². The molecule has 4 heteroatoms. The first-order valence-electron chi connectivity index (χ1n) is 5.68. The third-order valence-corrected chi connectivity index (χ3v) is 3.00. The van der Waals surface area contributed by atoms with Crippen LogP contribution in [-0.4, -0.2) is 20.2 Å². The Morgan fingerprint density at radius 2 is 1.79 bits per heavy atom. The lowest BCUT2D eigenvalue weighted by Gasteiger charge is -2.09. The Labute approximate surface area is 116 Å². The Balaban J connectivity index is 2.47. The Bertz CT molecular complexity index is 608. The van der Waals surface area contributed by atoms with E-state index in [1.165, 1.54) is 14.2 Å². The predicted octanol–water partition coefficient (Wildman–Crippen LogP) is 3.80. The van der Waals surface area contributed by atoms with Crippen LogP contribution in [0.1, 0.15) is 10.4 Å². The molecule has 0 aliphatic heterocycles. The van der Waals surface area contributed by atoms with Crippen LogP contribution >= 0.6 is 11.6 Å². The second kappa shape index (κ2) is 5.76. The van der Waals surface area contributed by atoms with E-state index in [0.717, 1.165) is 11.1 Å². The number of hydrogen-bond acceptors (Lipinski definition) is 3. The van der Waals surface area contributed by atoms with Gasteiger partial charge in [0.05, 0.1) is 14.2 Å². The highest BCUT2D eigenvalue weighted by atomic mass is 35.5. The van der Waals surface area contributed by atoms with Gasteiger partial charge in [-0.1, -0.05) is 29.8 Å². The molecule has 0 amide bonds. The topological polar surface area (TPSA) is 35.5 Å². The summed E-state index contributed by atoms with van der Waals surface area (Å²) >= 11 is 5.97. The summed E-state index contributed by atoms with van der Waals surface area (Å²) in [5, 5.41) is 0.661. The molecule has 19 heavy (non-hydrogen) atoms. The van der Waals surface area contributed by atoms with Crippen molar-refractivity contribution in [2.45, 2.75) is 0 Å². The monoisotopic (exact) mass is 276 g/mol. The molecule has 0 saturated heterocycles. The summed E-state index contributed by atoms with van der Waals surface area (Å²) in [6, 6.07) is 12.8. The highest BCUT2D eigenvalue weighted by molar-refractivity contribution is 6.30. The maximum Gasteiger partial charge on any atom is 0.341 e. The molecule has 0 fully saturated rings. The van der Waals surface area contributed by atoms with Gasteiger partial charge in [-0.2, -0.15) is 0 Å². The highest BCUT2D eigenvalue weighted by Gasteiger charge is 2.13. The average Bonchev–Trinajstić information content (AvgIpc) is 2.45. The molecule has 0 bridgehead atoms. The van der Waals surface area contributed by atoms with Crippen molar-refractivity contribution in [3.8, 4) is 16.9 Å². The van der Waals surface area contributed by atoms with E-state index in [2.05, 4.69) is 0 Å². The van der Waals surface area contributed by atoms with Crippen LogP contribution in [0.15, 0.2) is 42.5 Å². The second-order valence-electron chi connectivity index (χ2n) is 3.92. The molecule has 0 aliphatic rings. The van der Waals surface area contributed by atoms with E-state index in [4.69, 9.17) is 21.1 Å². The van der Waals surface area contributed by atoms with Crippen molar-refractivity contribution in [3.05, 3.63) is 53.1 Å². The molecule has 0 aliphatic carbocycles. The molecule has 0 N–H and O–H groups in total. The largest absolute Gasteiger partial charge is 0.496 e. The predicted molar refractivity (Wildman–Crippen MR) is 74.8 cm³/mol. The van der Waals surface area contributed by atoms with Crippen molar-refractivity contribution in [3.63, 3.8) is 0 Å². The molecule has 0 atom stereocenters. The molecule has 0 saturated carbocycles. The number of ether oxygens (including phenoxy) is 2. The summed E-state index contributed by atoms with van der Waals surface area (Å²) in [7, 11) is 2.86. The average molecular weight is 277 g/mol. The molecule has 98 valence electrons. The molecule has 0 aromatic heterocycles. The number of methoxy groups -OCH3 is 2. The molecule has 0 unspecified atom stereocenters. The number of hydrogen-bond donors (Lipinski definition) is 0. The summed E-state index contributed by atoms with van der Waals surface area (Å²) in [5.41, 5.74) is 2.28. The lowest BCUT2D eigenvalue weighted by molar-refractivity contribution is 0.0597. The quantitative estimate of drug-likeness (QED) is 0.800. The minimum atomic E-state index is -0.422. The summed E-state index contributed by atoms with van der Waals surface area (Å²) in [6.07, 6.45) is 0. The van der Waals surface area contributed by atoms with Gasteiger partial charge >= 0.3 is 5.97 Å². The first-order valence-corrected chi connectivity index (χ1v) is 6.06. The fraction of sp³-hybridized carbons (Fsp3) is 0.133. The zero-order valence-corrected chi connectivity index (χ0v) is 11.4. The number of carbonyl (C=O) groups excluding carboxylic acids is 1. The zero-order valence-electron chi connectivity index (χ0n) is 10.6. The van der Waals surface area contributed by atoms with Gasteiger partial charge in [-0.25, -0.2) is 4.79 Å². The number of esters is 1. The summed E-state index contributed by atoms with van der Waals surface area (Å²) in [6.45, 7) is 0. The minimum absolute atomic E-state index is 0.399. The molecule has 2 rings (SSSR count). The van der Waals surface area contributed by atoms with Crippen molar-refractivity contribution in [1.82, 2.24) is 0 Å². The fourth-order valence-electron chi connectivity index (χ4n) is 1.82. The van der Waals surface area contributed by atoms with E-state index in [9.17, 15) is 4.79 Å². The third kappa shape index (κ3) is 2.88. The Hall–Kier alpha value is -2.00. The van der Waals surface area contributed by atoms with Gasteiger partial charge in [-0.15, -0.1) is 0 Å². The Kier molecular flexibility index (Phi) is 4.07. The zero-order chi connectivity index (χ0) is 13.8. The molecule has 0 heterocycles. The first kappa shape index (κ1) is 13.4. The lowest BCUT2D eigenvalue weighted by atomic mass is 10.0. The van der Waals surface area contributed by atoms with Crippen LogP contribution in [0.3, 0.4) is 0 Å². The minimum Gasteiger partial charge on any atom is -0.496 e. The number of rotatable bonds is 3. The molecule has 3 nitrogen and oxygen atoms in total. The smallest absolute Gasteiger partial charge is 0.341 e. The van der Waals surface area contributed by atoms with Crippen molar-refractivity contribution < 1.29 is 14.3 Å². The van der Waals surface area contributed by atoms with Crippen LogP contribution in [0, 0.1) is 0 Å². The van der Waals surface area contributed by atoms with Crippen molar-refractivity contribution >= 4 is 17.6 Å². The maximum atomic E-state index is 11.6. The molecule has 2 aromatic carbocycles. The van der Waals surface area contributed by atoms with Gasteiger partial charge in [-0.3, -0.25) is 0 Å². The number of carbonyl (C=O) groups is 1. The van der Waals surface area contributed by atoms with Crippen molar-refractivity contribution in [2.24, 2.45) is 0 Å². The molecular weight excluding hydrogens is 264 g/mol. The van der Waals surface area contributed by atoms with Crippen molar-refractivity contribution in [1.29, 1.82) is 0 Å². The highest BCUT2D eigenvalue weighted by Crippen LogP contribution is 2.29. The van der Waals surface area contributed by atoms with E-state index >= 15 is 0 Å². The van der Waals surface area contributed by atoms with Gasteiger partial charge < -0.3 is 9.47 Å². The summed E-state index contributed by atoms with van der Waals surface area (Å²) in [4.78, 5) is 11.6. The number of halogens is 1. The number of benzene rings is 2. The van der Waals surface area contributed by atoms with Crippen LogP contribution in [-0.2, 0) is 4.74 Å². The summed E-state index contributed by atoms with van der Waals surface area (Å²) in [5.74, 6) is 0.0545. The molecule has 0 spiro atoms. The van der Waals surface area contributed by atoms with Crippen LogP contribution in [0.25, 0.3) is 11.1 Å². The van der Waals surface area contributed by atoms with Gasteiger partial charge in [0.2, 0.25) is 0 Å². The maximum absolute atomic E-state index is 11.6. The molecular formula is C15H13ClO3. The van der Waals surface area contributed by atoms with E-state index in [1.54, 1.807) is 12.1 Å². The fourth-order valence-corrected chi connectivity index (χ4v) is 2.01. The standard InChI is InChI=1S/C15H13ClO3/c1-18-14-9-11(6-7-13(14)15(17)19-2)10-4-3-5-12(16)8-10/h3-9H,1-2H3. The van der Waals surface area contributed by atoms with Gasteiger partial charge in [0.1, 0.15) is 11.3 Å². The normalized spacial score (nSPS) is 10.1. The Morgan fingerprint density at radius 3 is 2.42 bits per heavy atom. The van der Waals surface area contributed by atoms with E-state index in [1.807, 2.05) is 30.3 Å². The van der Waals surface area contributed by atoms with Crippen molar-refractivity contribution in [2.75, 3.05) is 14.2 Å². The van der Waals surface area contributed by atoms with Gasteiger partial charge in [-0.05, 0) is 35.4 Å². The van der Waals surface area contributed by atoms with Gasteiger partial charge in [0.25, 0.3) is 0 Å². The van der Waals surface area contributed by atoms with Crippen LogP contribution < -0.4 is 4.74 Å². The first-order chi connectivity index (χ1) is 9.15. The third-order valence-electron chi connectivity index (χ3n) is 2.76. The van der Waals surface area contributed by atoms with Crippen LogP contribution in [0.4, 0.5) is 0 Å². The Morgan fingerprint density at radius 1 is 1.05 bits per heavy atom.